The number of halogens is 1. The Labute approximate surface area is 114 Å². The predicted octanol–water partition coefficient (Wildman–Crippen LogP) is 3.89. The lowest BCUT2D eigenvalue weighted by Gasteiger charge is -2.19. The first-order valence-corrected chi connectivity index (χ1v) is 6.44. The number of nitrogens with zero attached hydrogens (tertiary/aromatic N) is 2. The van der Waals surface area contributed by atoms with Crippen LogP contribution in [-0.2, 0) is 4.74 Å². The fraction of sp³-hybridized carbons (Fsp3) is 0.385. The molecule has 0 amide bonds. The SMILES string of the molecule is Cc1cn(C(=O)OC(C)(C)C)c2nccc(Br)c12. The fourth-order valence-corrected chi connectivity index (χ4v) is 2.35. The molecular weight excluding hydrogens is 296 g/mol. The highest BCUT2D eigenvalue weighted by atomic mass is 79.9. The van der Waals surface area contributed by atoms with Gasteiger partial charge in [-0.05, 0) is 55.3 Å². The number of rotatable bonds is 0. The quantitative estimate of drug-likeness (QED) is 0.741. The minimum Gasteiger partial charge on any atom is -0.443 e. The molecule has 18 heavy (non-hydrogen) atoms. The van der Waals surface area contributed by atoms with Crippen LogP contribution in [-0.4, -0.2) is 21.2 Å². The van der Waals surface area contributed by atoms with Crippen molar-refractivity contribution in [2.45, 2.75) is 33.3 Å². The summed E-state index contributed by atoms with van der Waals surface area (Å²) < 4.78 is 7.72. The van der Waals surface area contributed by atoms with Gasteiger partial charge in [0, 0.05) is 22.3 Å². The van der Waals surface area contributed by atoms with Gasteiger partial charge in [0.25, 0.3) is 0 Å². The molecule has 0 aliphatic rings. The highest BCUT2D eigenvalue weighted by molar-refractivity contribution is 9.10. The second-order valence-electron chi connectivity index (χ2n) is 5.15. The molecule has 2 rings (SSSR count). The summed E-state index contributed by atoms with van der Waals surface area (Å²) in [5, 5.41) is 0.934. The number of aromatic nitrogens is 2. The number of carbonyl (C=O) groups is 1. The van der Waals surface area contributed by atoms with Crippen molar-refractivity contribution < 1.29 is 9.53 Å². The van der Waals surface area contributed by atoms with E-state index in [0.717, 1.165) is 15.4 Å². The summed E-state index contributed by atoms with van der Waals surface area (Å²) in [4.78, 5) is 16.3. The van der Waals surface area contributed by atoms with E-state index in [9.17, 15) is 4.79 Å². The highest BCUT2D eigenvalue weighted by Crippen LogP contribution is 2.27. The Kier molecular flexibility index (Phi) is 3.19. The third kappa shape index (κ3) is 2.41. The maximum Gasteiger partial charge on any atom is 0.420 e. The zero-order chi connectivity index (χ0) is 13.5. The van der Waals surface area contributed by atoms with E-state index in [1.807, 2.05) is 33.8 Å². The number of aryl methyl sites for hydroxylation is 1. The maximum absolute atomic E-state index is 12.1. The van der Waals surface area contributed by atoms with Crippen molar-refractivity contribution in [1.82, 2.24) is 9.55 Å². The lowest BCUT2D eigenvalue weighted by molar-refractivity contribution is 0.0543. The Balaban J connectivity index is 2.53. The van der Waals surface area contributed by atoms with Crippen molar-refractivity contribution in [3.8, 4) is 0 Å². The van der Waals surface area contributed by atoms with Gasteiger partial charge in [-0.1, -0.05) is 0 Å². The van der Waals surface area contributed by atoms with Crippen molar-refractivity contribution in [2.24, 2.45) is 0 Å². The number of hydrogen-bond acceptors (Lipinski definition) is 3. The summed E-state index contributed by atoms with van der Waals surface area (Å²) in [5.41, 5.74) is 1.07. The van der Waals surface area contributed by atoms with Crippen molar-refractivity contribution in [3.05, 3.63) is 28.5 Å². The van der Waals surface area contributed by atoms with E-state index in [2.05, 4.69) is 20.9 Å². The molecule has 0 fully saturated rings. The molecule has 0 spiro atoms. The van der Waals surface area contributed by atoms with E-state index >= 15 is 0 Å². The second kappa shape index (κ2) is 4.39. The number of fused-ring (bicyclic) bond motifs is 1. The van der Waals surface area contributed by atoms with Crippen molar-refractivity contribution >= 4 is 33.1 Å². The minimum atomic E-state index is -0.520. The molecule has 0 aliphatic heterocycles. The van der Waals surface area contributed by atoms with Crippen LogP contribution in [0.25, 0.3) is 11.0 Å². The molecule has 0 aromatic carbocycles. The molecule has 2 heterocycles. The Morgan fingerprint density at radius 2 is 2.11 bits per heavy atom. The van der Waals surface area contributed by atoms with Crippen LogP contribution in [0, 0.1) is 6.92 Å². The van der Waals surface area contributed by atoms with Gasteiger partial charge in [0.15, 0.2) is 5.65 Å². The van der Waals surface area contributed by atoms with E-state index in [0.29, 0.717) is 5.65 Å². The van der Waals surface area contributed by atoms with Crippen molar-refractivity contribution in [3.63, 3.8) is 0 Å². The fourth-order valence-electron chi connectivity index (χ4n) is 1.74. The van der Waals surface area contributed by atoms with Crippen LogP contribution in [0.2, 0.25) is 0 Å². The third-order valence-electron chi connectivity index (χ3n) is 2.42. The summed E-state index contributed by atoms with van der Waals surface area (Å²) in [5.74, 6) is 0. The van der Waals surface area contributed by atoms with Gasteiger partial charge in [0.1, 0.15) is 5.60 Å². The molecule has 2 aromatic rings. The van der Waals surface area contributed by atoms with E-state index in [-0.39, 0.29) is 0 Å². The summed E-state index contributed by atoms with van der Waals surface area (Å²) in [6, 6.07) is 1.86. The Morgan fingerprint density at radius 3 is 2.72 bits per heavy atom. The summed E-state index contributed by atoms with van der Waals surface area (Å²) in [6.45, 7) is 7.46. The highest BCUT2D eigenvalue weighted by Gasteiger charge is 2.21. The van der Waals surface area contributed by atoms with Crippen molar-refractivity contribution in [1.29, 1.82) is 0 Å². The Morgan fingerprint density at radius 1 is 1.44 bits per heavy atom. The van der Waals surface area contributed by atoms with Crippen LogP contribution < -0.4 is 0 Å². The molecule has 2 aromatic heterocycles. The molecule has 0 radical (unpaired) electrons. The average molecular weight is 311 g/mol. The largest absolute Gasteiger partial charge is 0.443 e. The molecule has 0 N–H and O–H groups in total. The monoisotopic (exact) mass is 310 g/mol. The molecule has 0 bridgehead atoms. The third-order valence-corrected chi connectivity index (χ3v) is 3.08. The molecule has 4 nitrogen and oxygen atoms in total. The van der Waals surface area contributed by atoms with Crippen molar-refractivity contribution in [2.75, 3.05) is 0 Å². The molecule has 0 saturated heterocycles. The molecule has 0 aliphatic carbocycles. The van der Waals surface area contributed by atoms with E-state index in [1.54, 1.807) is 12.4 Å². The first-order chi connectivity index (χ1) is 8.29. The molecule has 0 unspecified atom stereocenters. The van der Waals surface area contributed by atoms with E-state index < -0.39 is 11.7 Å². The standard InChI is InChI=1S/C13H15BrN2O2/c1-8-7-16(12(17)18-13(2,3)4)11-10(8)9(14)5-6-15-11/h5-7H,1-4H3. The zero-order valence-electron chi connectivity index (χ0n) is 10.8. The van der Waals surface area contributed by atoms with Gasteiger partial charge in [-0.25, -0.2) is 14.3 Å². The van der Waals surface area contributed by atoms with E-state index in [4.69, 9.17) is 4.74 Å². The summed E-state index contributed by atoms with van der Waals surface area (Å²) in [7, 11) is 0. The minimum absolute atomic E-state index is 0.411. The van der Waals surface area contributed by atoms with Gasteiger partial charge in [-0.3, -0.25) is 0 Å². The molecule has 96 valence electrons. The summed E-state index contributed by atoms with van der Waals surface area (Å²) in [6.07, 6.45) is 3.00. The second-order valence-corrected chi connectivity index (χ2v) is 6.01. The van der Waals surface area contributed by atoms with Gasteiger partial charge in [-0.2, -0.15) is 0 Å². The van der Waals surface area contributed by atoms with Crippen LogP contribution in [0.15, 0.2) is 22.9 Å². The topological polar surface area (TPSA) is 44.1 Å². The molecular formula is C13H15BrN2O2. The first kappa shape index (κ1) is 13.1. The normalized spacial score (nSPS) is 11.8. The summed E-state index contributed by atoms with van der Waals surface area (Å²) >= 11 is 3.47. The number of ether oxygens (including phenoxy) is 1. The van der Waals surface area contributed by atoms with Crippen LogP contribution in [0.1, 0.15) is 26.3 Å². The smallest absolute Gasteiger partial charge is 0.420 e. The van der Waals surface area contributed by atoms with Gasteiger partial charge in [0.2, 0.25) is 0 Å². The molecule has 0 atom stereocenters. The lowest BCUT2D eigenvalue weighted by Crippen LogP contribution is -2.26. The average Bonchev–Trinajstić information content (AvgIpc) is 2.55. The van der Waals surface area contributed by atoms with Crippen LogP contribution in [0.5, 0.6) is 0 Å². The molecule has 0 saturated carbocycles. The Bertz CT molecular complexity index is 611. The molecule has 5 heteroatoms. The van der Waals surface area contributed by atoms with Gasteiger partial charge in [0.05, 0.1) is 0 Å². The Hall–Kier alpha value is -1.36. The van der Waals surface area contributed by atoms with E-state index in [1.165, 1.54) is 4.57 Å². The first-order valence-electron chi connectivity index (χ1n) is 5.65. The number of hydrogen-bond donors (Lipinski definition) is 0. The maximum atomic E-state index is 12.1. The van der Waals surface area contributed by atoms with Gasteiger partial charge in [-0.15, -0.1) is 0 Å². The lowest BCUT2D eigenvalue weighted by atomic mass is 10.2. The van der Waals surface area contributed by atoms with Crippen LogP contribution >= 0.6 is 15.9 Å². The van der Waals surface area contributed by atoms with Gasteiger partial charge >= 0.3 is 6.09 Å². The van der Waals surface area contributed by atoms with Crippen LogP contribution in [0.4, 0.5) is 4.79 Å². The number of pyridine rings is 1. The zero-order valence-corrected chi connectivity index (χ0v) is 12.4. The van der Waals surface area contributed by atoms with Gasteiger partial charge < -0.3 is 4.74 Å². The number of carbonyl (C=O) groups excluding carboxylic acids is 1. The predicted molar refractivity (Wildman–Crippen MR) is 73.8 cm³/mol. The van der Waals surface area contributed by atoms with Crippen LogP contribution in [0.3, 0.4) is 0 Å².